The largest absolute Gasteiger partial charge is 0.491 e. The number of carbonyl (C=O) groups excluding carboxylic acids is 1. The molecule has 0 saturated heterocycles. The first-order valence-corrected chi connectivity index (χ1v) is 9.45. The Labute approximate surface area is 148 Å². The molecule has 7 heteroatoms. The number of hydrogen-bond acceptors (Lipinski definition) is 5. The summed E-state index contributed by atoms with van der Waals surface area (Å²) >= 11 is 0. The first-order valence-electron chi connectivity index (χ1n) is 7.99. The lowest BCUT2D eigenvalue weighted by Crippen LogP contribution is -2.06. The zero-order valence-electron chi connectivity index (χ0n) is 13.9. The van der Waals surface area contributed by atoms with Gasteiger partial charge in [0, 0.05) is 11.6 Å². The lowest BCUT2D eigenvalue weighted by atomic mass is 10.1. The molecule has 0 fully saturated rings. The van der Waals surface area contributed by atoms with Gasteiger partial charge >= 0.3 is 0 Å². The van der Waals surface area contributed by atoms with Crippen molar-refractivity contribution >= 4 is 37.8 Å². The minimum Gasteiger partial charge on any atom is -0.491 e. The Morgan fingerprint density at radius 3 is 3.00 bits per heavy atom. The second-order valence-corrected chi connectivity index (χ2v) is 7.43. The maximum Gasteiger partial charge on any atom is 0.258 e. The smallest absolute Gasteiger partial charge is 0.258 e. The number of hydrogen-bond donors (Lipinski definition) is 1. The predicted molar refractivity (Wildman–Crippen MR) is 101 cm³/mol. The number of fused-ring (bicyclic) bond motifs is 1. The Morgan fingerprint density at radius 1 is 1.48 bits per heavy atom. The number of carbonyl (C=O) groups is 1. The Kier molecular flexibility index (Phi) is 5.10. The zero-order chi connectivity index (χ0) is 17.8. The summed E-state index contributed by atoms with van der Waals surface area (Å²) in [6.07, 6.45) is 3.47. The molecule has 2 aromatic rings. The van der Waals surface area contributed by atoms with E-state index in [0.717, 1.165) is 29.3 Å². The van der Waals surface area contributed by atoms with Gasteiger partial charge in [0.1, 0.15) is 17.4 Å². The van der Waals surface area contributed by atoms with E-state index >= 15 is 0 Å². The van der Waals surface area contributed by atoms with Gasteiger partial charge in [-0.05, 0) is 29.5 Å². The molecule has 0 saturated carbocycles. The molecule has 6 nitrogen and oxygen atoms in total. The minimum atomic E-state index is -0.490. The van der Waals surface area contributed by atoms with Crippen molar-refractivity contribution in [2.24, 2.45) is 10.7 Å². The standard InChI is InChI=1S/C18H18N4O2S/c1-2-3-6-24-17-13(8-19)9-21-15-5-4-12(7-14(15)17)10-25-11-16(23)22-18(25)20/h4-5,7,9-10H,2-3,6,11H2,1H3,(H2,20,22,23). The number of aliphatic imine (C=N–C) groups is 1. The van der Waals surface area contributed by atoms with Gasteiger partial charge in [-0.3, -0.25) is 9.78 Å². The van der Waals surface area contributed by atoms with Crippen LogP contribution in [0.4, 0.5) is 0 Å². The van der Waals surface area contributed by atoms with Gasteiger partial charge in [0.05, 0.1) is 17.9 Å². The average molecular weight is 354 g/mol. The van der Waals surface area contributed by atoms with Crippen molar-refractivity contribution in [2.75, 3.05) is 12.4 Å². The Hall–Kier alpha value is -2.72. The number of unbranched alkanes of at least 4 members (excludes halogenated alkanes) is 1. The number of nitrogens with two attached hydrogens (primary N) is 1. The summed E-state index contributed by atoms with van der Waals surface area (Å²) in [5, 5.41) is 12.4. The number of ether oxygens (including phenoxy) is 1. The molecule has 25 heavy (non-hydrogen) atoms. The fourth-order valence-electron chi connectivity index (χ4n) is 2.50. The molecule has 1 unspecified atom stereocenters. The van der Waals surface area contributed by atoms with Crippen molar-refractivity contribution in [3.05, 3.63) is 35.5 Å². The normalized spacial score (nSPS) is 16.9. The summed E-state index contributed by atoms with van der Waals surface area (Å²) in [5.74, 6) is 0.693. The maximum absolute atomic E-state index is 11.4. The summed E-state index contributed by atoms with van der Waals surface area (Å²) in [4.78, 5) is 19.5. The third-order valence-corrected chi connectivity index (χ3v) is 5.51. The predicted octanol–water partition coefficient (Wildman–Crippen LogP) is 2.56. The van der Waals surface area contributed by atoms with Gasteiger partial charge < -0.3 is 10.5 Å². The van der Waals surface area contributed by atoms with Crippen LogP contribution < -0.4 is 10.5 Å². The van der Waals surface area contributed by atoms with Crippen molar-refractivity contribution in [1.82, 2.24) is 4.98 Å². The molecule has 0 spiro atoms. The van der Waals surface area contributed by atoms with Crippen molar-refractivity contribution < 1.29 is 9.53 Å². The molecule has 1 aliphatic heterocycles. The van der Waals surface area contributed by atoms with Crippen LogP contribution in [0.2, 0.25) is 0 Å². The van der Waals surface area contributed by atoms with Crippen LogP contribution in [-0.2, 0) is 4.79 Å². The van der Waals surface area contributed by atoms with Crippen molar-refractivity contribution in [2.45, 2.75) is 19.8 Å². The zero-order valence-corrected chi connectivity index (χ0v) is 14.7. The molecular weight excluding hydrogens is 336 g/mol. The van der Waals surface area contributed by atoms with Crippen LogP contribution in [0.5, 0.6) is 5.75 Å². The lowest BCUT2D eigenvalue weighted by Gasteiger charge is -2.11. The Morgan fingerprint density at radius 2 is 2.32 bits per heavy atom. The second-order valence-electron chi connectivity index (χ2n) is 5.63. The highest BCUT2D eigenvalue weighted by molar-refractivity contribution is 8.28. The average Bonchev–Trinajstić information content (AvgIpc) is 2.92. The highest BCUT2D eigenvalue weighted by Gasteiger charge is 2.16. The first-order chi connectivity index (χ1) is 12.1. The quantitative estimate of drug-likeness (QED) is 0.657. The summed E-state index contributed by atoms with van der Waals surface area (Å²) in [5.41, 5.74) is 7.90. The molecule has 128 valence electrons. The van der Waals surface area contributed by atoms with Gasteiger partial charge in [-0.2, -0.15) is 10.3 Å². The Bertz CT molecular complexity index is 944. The van der Waals surface area contributed by atoms with Gasteiger partial charge in [0.2, 0.25) is 0 Å². The maximum atomic E-state index is 11.4. The molecule has 0 aliphatic carbocycles. The monoisotopic (exact) mass is 354 g/mol. The topological polar surface area (TPSA) is 101 Å². The molecule has 2 N–H and O–H groups in total. The van der Waals surface area contributed by atoms with Crippen molar-refractivity contribution in [3.63, 3.8) is 0 Å². The van der Waals surface area contributed by atoms with Gasteiger partial charge in [0.25, 0.3) is 5.91 Å². The van der Waals surface area contributed by atoms with Crippen LogP contribution in [0, 0.1) is 11.3 Å². The molecule has 0 bridgehead atoms. The highest BCUT2D eigenvalue weighted by atomic mass is 32.2. The number of benzene rings is 1. The molecule has 1 aromatic heterocycles. The van der Waals surface area contributed by atoms with E-state index in [0.29, 0.717) is 28.8 Å². The van der Waals surface area contributed by atoms with Crippen molar-refractivity contribution in [1.29, 1.82) is 5.26 Å². The van der Waals surface area contributed by atoms with E-state index in [9.17, 15) is 10.1 Å². The molecule has 3 rings (SSSR count). The summed E-state index contributed by atoms with van der Waals surface area (Å²) in [6, 6.07) is 7.86. The number of rotatable bonds is 5. The lowest BCUT2D eigenvalue weighted by molar-refractivity contribution is -0.115. The van der Waals surface area contributed by atoms with Gasteiger partial charge in [-0.25, -0.2) is 0 Å². The minimum absolute atomic E-state index is 0.185. The number of pyridine rings is 1. The molecular formula is C18H18N4O2S. The molecule has 2 heterocycles. The van der Waals surface area contributed by atoms with Crippen LogP contribution in [0.1, 0.15) is 30.9 Å². The third-order valence-electron chi connectivity index (χ3n) is 3.77. The SMILES string of the molecule is CCCCOc1c(C#N)cnc2ccc(/C=S3/CC(=O)N=C3N)cc12. The van der Waals surface area contributed by atoms with Crippen LogP contribution in [0.15, 0.2) is 29.4 Å². The third kappa shape index (κ3) is 3.69. The molecule has 1 aliphatic rings. The molecule has 1 atom stereocenters. The fraction of sp³-hybridized carbons (Fsp3) is 0.278. The van der Waals surface area contributed by atoms with Crippen molar-refractivity contribution in [3.8, 4) is 11.8 Å². The van der Waals surface area contributed by atoms with Crippen LogP contribution in [0.25, 0.3) is 10.9 Å². The number of amides is 1. The molecule has 0 radical (unpaired) electrons. The summed E-state index contributed by atoms with van der Waals surface area (Å²) < 4.78 is 5.87. The summed E-state index contributed by atoms with van der Waals surface area (Å²) in [6.45, 7) is 2.64. The number of nitrogens with zero attached hydrogens (tertiary/aromatic N) is 3. The number of nitriles is 1. The van der Waals surface area contributed by atoms with E-state index in [1.807, 2.05) is 23.6 Å². The van der Waals surface area contributed by atoms with E-state index in [1.165, 1.54) is 6.20 Å². The highest BCUT2D eigenvalue weighted by Crippen LogP contribution is 2.30. The van der Waals surface area contributed by atoms with Gasteiger partial charge in [-0.1, -0.05) is 19.4 Å². The summed E-state index contributed by atoms with van der Waals surface area (Å²) in [7, 11) is -0.490. The number of aromatic nitrogens is 1. The fourth-order valence-corrected chi connectivity index (χ4v) is 3.88. The van der Waals surface area contributed by atoms with Crippen LogP contribution >= 0.6 is 10.5 Å². The second kappa shape index (κ2) is 7.45. The van der Waals surface area contributed by atoms with Crippen LogP contribution in [0.3, 0.4) is 0 Å². The number of amidine groups is 1. The Balaban J connectivity index is 2.05. The van der Waals surface area contributed by atoms with E-state index in [1.54, 1.807) is 0 Å². The van der Waals surface area contributed by atoms with Gasteiger partial charge in [0.15, 0.2) is 5.17 Å². The first kappa shape index (κ1) is 17.1. The molecule has 1 aromatic carbocycles. The van der Waals surface area contributed by atoms with Crippen LogP contribution in [-0.4, -0.2) is 33.8 Å². The van der Waals surface area contributed by atoms with E-state index in [-0.39, 0.29) is 5.91 Å². The molecule has 1 amide bonds. The van der Waals surface area contributed by atoms with Gasteiger partial charge in [-0.15, -0.1) is 10.5 Å². The van der Waals surface area contributed by atoms with E-state index in [2.05, 4.69) is 23.0 Å². The van der Waals surface area contributed by atoms with E-state index < -0.39 is 10.5 Å². The van der Waals surface area contributed by atoms with E-state index in [4.69, 9.17) is 10.5 Å².